The predicted molar refractivity (Wildman–Crippen MR) is 77.9 cm³/mol. The molecule has 0 unspecified atom stereocenters. The predicted octanol–water partition coefficient (Wildman–Crippen LogP) is 3.61. The van der Waals surface area contributed by atoms with E-state index in [1.54, 1.807) is 12.1 Å². The molecule has 0 heterocycles. The zero-order chi connectivity index (χ0) is 14.4. The third-order valence-corrected chi connectivity index (χ3v) is 3.11. The molecule has 20 heavy (non-hydrogen) atoms. The van der Waals surface area contributed by atoms with Gasteiger partial charge in [-0.1, -0.05) is 37.3 Å². The molecule has 0 aromatic heterocycles. The third kappa shape index (κ3) is 3.38. The summed E-state index contributed by atoms with van der Waals surface area (Å²) in [5.41, 5.74) is 2.65. The van der Waals surface area contributed by atoms with Gasteiger partial charge in [0.1, 0.15) is 12.4 Å². The smallest absolute Gasteiger partial charge is 0.338 e. The summed E-state index contributed by atoms with van der Waals surface area (Å²) in [6.45, 7) is 2.52. The number of carbonyl (C=O) groups is 1. The van der Waals surface area contributed by atoms with Crippen molar-refractivity contribution in [2.45, 2.75) is 20.0 Å². The van der Waals surface area contributed by atoms with Crippen LogP contribution in [-0.4, -0.2) is 13.1 Å². The van der Waals surface area contributed by atoms with Crippen molar-refractivity contribution in [3.8, 4) is 5.75 Å². The van der Waals surface area contributed by atoms with Crippen LogP contribution in [0.3, 0.4) is 0 Å². The number of carbonyl (C=O) groups excluding carboxylic acids is 1. The van der Waals surface area contributed by atoms with Crippen LogP contribution in [0.1, 0.15) is 28.4 Å². The molecule has 0 aliphatic heterocycles. The molecular formula is C17H18O3. The van der Waals surface area contributed by atoms with Crippen LogP contribution < -0.4 is 4.74 Å². The topological polar surface area (TPSA) is 35.5 Å². The van der Waals surface area contributed by atoms with Gasteiger partial charge < -0.3 is 9.47 Å². The van der Waals surface area contributed by atoms with Gasteiger partial charge in [-0.2, -0.15) is 0 Å². The van der Waals surface area contributed by atoms with Gasteiger partial charge in [0.15, 0.2) is 0 Å². The second kappa shape index (κ2) is 6.75. The minimum Gasteiger partial charge on any atom is -0.489 e. The van der Waals surface area contributed by atoms with E-state index in [1.807, 2.05) is 43.3 Å². The molecule has 0 radical (unpaired) electrons. The summed E-state index contributed by atoms with van der Waals surface area (Å²) < 4.78 is 10.5. The molecular weight excluding hydrogens is 252 g/mol. The van der Waals surface area contributed by atoms with Gasteiger partial charge in [-0.15, -0.1) is 0 Å². The Balaban J connectivity index is 2.12. The molecule has 0 amide bonds. The van der Waals surface area contributed by atoms with Gasteiger partial charge in [-0.25, -0.2) is 4.79 Å². The van der Waals surface area contributed by atoms with E-state index in [4.69, 9.17) is 9.47 Å². The highest BCUT2D eigenvalue weighted by atomic mass is 16.5. The average Bonchev–Trinajstić information content (AvgIpc) is 2.52. The molecule has 0 aliphatic carbocycles. The molecule has 0 bridgehead atoms. The summed E-state index contributed by atoms with van der Waals surface area (Å²) >= 11 is 0. The van der Waals surface area contributed by atoms with Gasteiger partial charge >= 0.3 is 5.97 Å². The summed E-state index contributed by atoms with van der Waals surface area (Å²) in [5.74, 6) is 0.454. The fraction of sp³-hybridized carbons (Fsp3) is 0.235. The van der Waals surface area contributed by atoms with Crippen LogP contribution in [-0.2, 0) is 17.8 Å². The van der Waals surface area contributed by atoms with Crippen molar-refractivity contribution < 1.29 is 14.3 Å². The molecule has 2 aromatic rings. The SMILES string of the molecule is CCc1cc(OCc2ccccc2)ccc1C(=O)OC. The monoisotopic (exact) mass is 270 g/mol. The summed E-state index contributed by atoms with van der Waals surface area (Å²) in [5, 5.41) is 0. The van der Waals surface area contributed by atoms with E-state index in [0.29, 0.717) is 12.2 Å². The zero-order valence-corrected chi connectivity index (χ0v) is 11.8. The number of aryl methyl sites for hydroxylation is 1. The molecule has 104 valence electrons. The number of hydrogen-bond donors (Lipinski definition) is 0. The Labute approximate surface area is 119 Å². The lowest BCUT2D eigenvalue weighted by Crippen LogP contribution is -2.06. The molecule has 2 rings (SSSR count). The first-order chi connectivity index (χ1) is 9.74. The van der Waals surface area contributed by atoms with Crippen LogP contribution in [0.5, 0.6) is 5.75 Å². The van der Waals surface area contributed by atoms with Crippen molar-refractivity contribution >= 4 is 5.97 Å². The average molecular weight is 270 g/mol. The van der Waals surface area contributed by atoms with E-state index in [2.05, 4.69) is 0 Å². The van der Waals surface area contributed by atoms with Crippen LogP contribution in [0.4, 0.5) is 0 Å². The first-order valence-electron chi connectivity index (χ1n) is 6.62. The number of rotatable bonds is 5. The molecule has 0 atom stereocenters. The Hall–Kier alpha value is -2.29. The highest BCUT2D eigenvalue weighted by Gasteiger charge is 2.11. The second-order valence-electron chi connectivity index (χ2n) is 4.44. The summed E-state index contributed by atoms with van der Waals surface area (Å²) in [6, 6.07) is 15.4. The maximum Gasteiger partial charge on any atom is 0.338 e. The van der Waals surface area contributed by atoms with Crippen LogP contribution >= 0.6 is 0 Å². The highest BCUT2D eigenvalue weighted by molar-refractivity contribution is 5.91. The van der Waals surface area contributed by atoms with Gasteiger partial charge in [0.25, 0.3) is 0 Å². The second-order valence-corrected chi connectivity index (χ2v) is 4.44. The number of methoxy groups -OCH3 is 1. The minimum absolute atomic E-state index is 0.309. The fourth-order valence-electron chi connectivity index (χ4n) is 2.00. The van der Waals surface area contributed by atoms with E-state index >= 15 is 0 Å². The largest absolute Gasteiger partial charge is 0.489 e. The van der Waals surface area contributed by atoms with Crippen molar-refractivity contribution in [3.05, 3.63) is 65.2 Å². The first kappa shape index (κ1) is 14.1. The summed E-state index contributed by atoms with van der Waals surface area (Å²) in [7, 11) is 1.39. The molecule has 0 aliphatic rings. The van der Waals surface area contributed by atoms with Crippen molar-refractivity contribution in [1.29, 1.82) is 0 Å². The molecule has 3 heteroatoms. The third-order valence-electron chi connectivity index (χ3n) is 3.11. The Bertz CT molecular complexity index is 576. The molecule has 3 nitrogen and oxygen atoms in total. The first-order valence-corrected chi connectivity index (χ1v) is 6.62. The van der Waals surface area contributed by atoms with Gasteiger partial charge in [0, 0.05) is 0 Å². The Kier molecular flexibility index (Phi) is 4.77. The van der Waals surface area contributed by atoms with E-state index < -0.39 is 0 Å². The summed E-state index contributed by atoms with van der Waals surface area (Å²) in [6.07, 6.45) is 0.757. The fourth-order valence-corrected chi connectivity index (χ4v) is 2.00. The zero-order valence-electron chi connectivity index (χ0n) is 11.8. The van der Waals surface area contributed by atoms with Gasteiger partial charge in [0.2, 0.25) is 0 Å². The van der Waals surface area contributed by atoms with Crippen molar-refractivity contribution in [1.82, 2.24) is 0 Å². The van der Waals surface area contributed by atoms with Crippen LogP contribution in [0.25, 0.3) is 0 Å². The maximum atomic E-state index is 11.6. The lowest BCUT2D eigenvalue weighted by molar-refractivity contribution is 0.0599. The Morgan fingerprint density at radius 2 is 1.85 bits per heavy atom. The number of benzene rings is 2. The molecule has 0 saturated carbocycles. The minimum atomic E-state index is -0.309. The molecule has 0 N–H and O–H groups in total. The standard InChI is InChI=1S/C17H18O3/c1-3-14-11-15(9-10-16(14)17(18)19-2)20-12-13-7-5-4-6-8-13/h4-11H,3,12H2,1-2H3. The van der Waals surface area contributed by atoms with Gasteiger partial charge in [0.05, 0.1) is 12.7 Å². The molecule has 0 spiro atoms. The lowest BCUT2D eigenvalue weighted by Gasteiger charge is -2.10. The summed E-state index contributed by atoms with van der Waals surface area (Å²) in [4.78, 5) is 11.6. The van der Waals surface area contributed by atoms with E-state index in [-0.39, 0.29) is 5.97 Å². The van der Waals surface area contributed by atoms with E-state index in [0.717, 1.165) is 23.3 Å². The van der Waals surface area contributed by atoms with Gasteiger partial charge in [-0.05, 0) is 35.7 Å². The molecule has 0 fully saturated rings. The van der Waals surface area contributed by atoms with Crippen LogP contribution in [0.15, 0.2) is 48.5 Å². The van der Waals surface area contributed by atoms with Crippen molar-refractivity contribution in [2.75, 3.05) is 7.11 Å². The van der Waals surface area contributed by atoms with Crippen LogP contribution in [0.2, 0.25) is 0 Å². The van der Waals surface area contributed by atoms with E-state index in [9.17, 15) is 4.79 Å². The van der Waals surface area contributed by atoms with Crippen molar-refractivity contribution in [2.24, 2.45) is 0 Å². The highest BCUT2D eigenvalue weighted by Crippen LogP contribution is 2.20. The number of ether oxygens (including phenoxy) is 2. The number of hydrogen-bond acceptors (Lipinski definition) is 3. The normalized spacial score (nSPS) is 10.1. The maximum absolute atomic E-state index is 11.6. The van der Waals surface area contributed by atoms with Crippen molar-refractivity contribution in [3.63, 3.8) is 0 Å². The van der Waals surface area contributed by atoms with Gasteiger partial charge in [-0.3, -0.25) is 0 Å². The van der Waals surface area contributed by atoms with E-state index in [1.165, 1.54) is 7.11 Å². The Morgan fingerprint density at radius 1 is 1.10 bits per heavy atom. The number of esters is 1. The molecule has 0 saturated heterocycles. The lowest BCUT2D eigenvalue weighted by atomic mass is 10.1. The Morgan fingerprint density at radius 3 is 2.50 bits per heavy atom. The van der Waals surface area contributed by atoms with Crippen LogP contribution in [0, 0.1) is 0 Å². The quantitative estimate of drug-likeness (QED) is 0.778. The molecule has 2 aromatic carbocycles.